The van der Waals surface area contributed by atoms with Crippen molar-refractivity contribution in [3.8, 4) is 0 Å². The number of carboxylic acids is 1. The molecule has 0 amide bonds. The molecule has 0 aromatic carbocycles. The third kappa shape index (κ3) is 4.56. The summed E-state index contributed by atoms with van der Waals surface area (Å²) in [6, 6.07) is -0.269. The van der Waals surface area contributed by atoms with Gasteiger partial charge in [0.1, 0.15) is 6.04 Å². The number of hydrogen-bond donors (Lipinski definition) is 2. The number of rotatable bonds is 1. The maximum Gasteiger partial charge on any atom is 0.320 e. The first-order valence-corrected chi connectivity index (χ1v) is 3.75. The second-order valence-electron chi connectivity index (χ2n) is 2.40. The molecule has 1 heterocycles. The van der Waals surface area contributed by atoms with Crippen LogP contribution in [0.5, 0.6) is 0 Å². The summed E-state index contributed by atoms with van der Waals surface area (Å²) in [5.41, 5.74) is 0. The van der Waals surface area contributed by atoms with Crippen LogP contribution in [0.3, 0.4) is 0 Å². The van der Waals surface area contributed by atoms with E-state index in [1.54, 1.807) is 6.08 Å². The molecule has 0 aromatic heterocycles. The van der Waals surface area contributed by atoms with E-state index in [9.17, 15) is 4.79 Å². The molecule has 0 aromatic rings. The average Bonchev–Trinajstić information content (AvgIpc) is 2.38. The third-order valence-electron chi connectivity index (χ3n) is 1.36. The summed E-state index contributed by atoms with van der Waals surface area (Å²) >= 11 is 0. The van der Waals surface area contributed by atoms with E-state index in [4.69, 9.17) is 5.11 Å². The van der Waals surface area contributed by atoms with E-state index in [0.717, 1.165) is 19.4 Å². The van der Waals surface area contributed by atoms with Crippen LogP contribution < -0.4 is 5.32 Å². The first-order valence-electron chi connectivity index (χ1n) is 3.75. The summed E-state index contributed by atoms with van der Waals surface area (Å²) in [7, 11) is 0. The summed E-state index contributed by atoms with van der Waals surface area (Å²) in [5.74, 6) is -0.720. The Balaban J connectivity index is 0.000000292. The van der Waals surface area contributed by atoms with Crippen molar-refractivity contribution in [2.24, 2.45) is 0 Å². The molecule has 3 heteroatoms. The van der Waals surface area contributed by atoms with E-state index >= 15 is 0 Å². The number of carboxylic acid groups (broad SMARTS) is 1. The molecule has 1 atom stereocenters. The van der Waals surface area contributed by atoms with Crippen molar-refractivity contribution in [1.82, 2.24) is 5.32 Å². The Morgan fingerprint density at radius 1 is 1.82 bits per heavy atom. The van der Waals surface area contributed by atoms with Crippen LogP contribution >= 0.6 is 0 Å². The highest BCUT2D eigenvalue weighted by atomic mass is 16.4. The lowest BCUT2D eigenvalue weighted by Gasteiger charge is -1.99. The fourth-order valence-electron chi connectivity index (χ4n) is 0.895. The number of hydrogen-bond acceptors (Lipinski definition) is 2. The molecule has 1 rings (SSSR count). The zero-order valence-corrected chi connectivity index (χ0v) is 6.84. The quantitative estimate of drug-likeness (QED) is 0.558. The monoisotopic (exact) mass is 157 g/mol. The van der Waals surface area contributed by atoms with Gasteiger partial charge in [0.2, 0.25) is 0 Å². The zero-order valence-electron chi connectivity index (χ0n) is 6.84. The highest BCUT2D eigenvalue weighted by molar-refractivity contribution is 5.73. The van der Waals surface area contributed by atoms with Gasteiger partial charge in [0.05, 0.1) is 0 Å². The molecule has 0 aliphatic carbocycles. The Hall–Kier alpha value is -0.830. The van der Waals surface area contributed by atoms with Crippen molar-refractivity contribution in [1.29, 1.82) is 0 Å². The number of nitrogens with one attached hydrogen (secondary N) is 1. The van der Waals surface area contributed by atoms with Crippen molar-refractivity contribution in [3.63, 3.8) is 0 Å². The van der Waals surface area contributed by atoms with Gasteiger partial charge < -0.3 is 10.4 Å². The smallest absolute Gasteiger partial charge is 0.320 e. The molecular weight excluding hydrogens is 142 g/mol. The van der Waals surface area contributed by atoms with Crippen LogP contribution in [0, 0.1) is 0 Å². The van der Waals surface area contributed by atoms with Crippen molar-refractivity contribution in [3.05, 3.63) is 12.7 Å². The zero-order chi connectivity index (χ0) is 8.69. The van der Waals surface area contributed by atoms with Gasteiger partial charge in [-0.2, -0.15) is 0 Å². The van der Waals surface area contributed by atoms with Crippen LogP contribution in [-0.2, 0) is 4.79 Å². The van der Waals surface area contributed by atoms with Crippen LogP contribution in [0.4, 0.5) is 0 Å². The van der Waals surface area contributed by atoms with Crippen LogP contribution in [0.1, 0.15) is 19.8 Å². The van der Waals surface area contributed by atoms with E-state index in [1.165, 1.54) is 0 Å². The third-order valence-corrected chi connectivity index (χ3v) is 1.36. The molecule has 1 fully saturated rings. The highest BCUT2D eigenvalue weighted by Gasteiger charge is 2.20. The van der Waals surface area contributed by atoms with Crippen molar-refractivity contribution in [2.45, 2.75) is 25.8 Å². The first-order chi connectivity index (χ1) is 5.22. The van der Waals surface area contributed by atoms with Gasteiger partial charge in [0.15, 0.2) is 0 Å². The van der Waals surface area contributed by atoms with Gasteiger partial charge >= 0.3 is 5.97 Å². The minimum Gasteiger partial charge on any atom is -0.480 e. The van der Waals surface area contributed by atoms with Crippen LogP contribution in [0.25, 0.3) is 0 Å². The Bertz CT molecular complexity index is 128. The largest absolute Gasteiger partial charge is 0.480 e. The van der Waals surface area contributed by atoms with Gasteiger partial charge in [0, 0.05) is 0 Å². The van der Waals surface area contributed by atoms with Crippen molar-refractivity contribution >= 4 is 5.97 Å². The van der Waals surface area contributed by atoms with Crippen LogP contribution in [0.15, 0.2) is 12.7 Å². The lowest BCUT2D eigenvalue weighted by Crippen LogP contribution is -2.29. The highest BCUT2D eigenvalue weighted by Crippen LogP contribution is 2.03. The Morgan fingerprint density at radius 2 is 2.36 bits per heavy atom. The lowest BCUT2D eigenvalue weighted by atomic mass is 10.2. The van der Waals surface area contributed by atoms with Crippen molar-refractivity contribution < 1.29 is 9.90 Å². The first kappa shape index (κ1) is 10.2. The summed E-state index contributed by atoms with van der Waals surface area (Å²) in [4.78, 5) is 10.1. The number of allylic oxidation sites excluding steroid dienone is 1. The van der Waals surface area contributed by atoms with E-state index in [1.807, 2.05) is 6.92 Å². The maximum atomic E-state index is 10.1. The van der Waals surface area contributed by atoms with E-state index in [2.05, 4.69) is 11.9 Å². The Labute approximate surface area is 67.1 Å². The molecular formula is C8H15NO2. The molecule has 0 radical (unpaired) electrons. The maximum absolute atomic E-state index is 10.1. The minimum atomic E-state index is -0.720. The fourth-order valence-corrected chi connectivity index (χ4v) is 0.895. The minimum absolute atomic E-state index is 0.269. The predicted molar refractivity (Wildman–Crippen MR) is 44.5 cm³/mol. The summed E-state index contributed by atoms with van der Waals surface area (Å²) in [5, 5.41) is 11.2. The topological polar surface area (TPSA) is 49.3 Å². The van der Waals surface area contributed by atoms with Gasteiger partial charge in [-0.25, -0.2) is 0 Å². The van der Waals surface area contributed by atoms with Gasteiger partial charge in [-0.1, -0.05) is 6.08 Å². The number of aliphatic carboxylic acids is 1. The molecule has 0 saturated carbocycles. The molecule has 3 nitrogen and oxygen atoms in total. The normalized spacial score (nSPS) is 21.7. The van der Waals surface area contributed by atoms with Crippen molar-refractivity contribution in [2.75, 3.05) is 6.54 Å². The second kappa shape index (κ2) is 5.92. The van der Waals surface area contributed by atoms with E-state index < -0.39 is 5.97 Å². The second-order valence-corrected chi connectivity index (χ2v) is 2.40. The molecule has 1 aliphatic rings. The molecule has 1 unspecified atom stereocenters. The molecule has 1 saturated heterocycles. The summed E-state index contributed by atoms with van der Waals surface area (Å²) in [6.45, 7) is 6.11. The predicted octanol–water partition coefficient (Wildman–Crippen LogP) is 1.02. The van der Waals surface area contributed by atoms with Gasteiger partial charge in [-0.15, -0.1) is 6.58 Å². The van der Waals surface area contributed by atoms with E-state index in [-0.39, 0.29) is 6.04 Å². The summed E-state index contributed by atoms with van der Waals surface area (Å²) < 4.78 is 0. The SMILES string of the molecule is C=CC.O=C(O)C1CCCN1. The standard InChI is InChI=1S/C5H9NO2.C3H6/c7-5(8)4-2-1-3-6-4;1-3-2/h4,6H,1-3H2,(H,7,8);3H,1H2,2H3. The number of carbonyl (C=O) groups is 1. The average molecular weight is 157 g/mol. The molecule has 64 valence electrons. The molecule has 2 N–H and O–H groups in total. The van der Waals surface area contributed by atoms with Gasteiger partial charge in [0.25, 0.3) is 0 Å². The Morgan fingerprint density at radius 3 is 2.55 bits per heavy atom. The van der Waals surface area contributed by atoms with Gasteiger partial charge in [-0.05, 0) is 26.3 Å². The Kier molecular flexibility index (Phi) is 5.47. The van der Waals surface area contributed by atoms with Gasteiger partial charge in [-0.3, -0.25) is 4.79 Å². The summed E-state index contributed by atoms with van der Waals surface area (Å²) in [6.07, 6.45) is 3.53. The van der Waals surface area contributed by atoms with Crippen LogP contribution in [0.2, 0.25) is 0 Å². The molecule has 11 heavy (non-hydrogen) atoms. The molecule has 0 spiro atoms. The molecule has 1 aliphatic heterocycles. The molecule has 0 bridgehead atoms. The fraction of sp³-hybridized carbons (Fsp3) is 0.625. The lowest BCUT2D eigenvalue weighted by molar-refractivity contribution is -0.139. The van der Waals surface area contributed by atoms with E-state index in [0.29, 0.717) is 0 Å². The van der Waals surface area contributed by atoms with Crippen LogP contribution in [-0.4, -0.2) is 23.7 Å².